The first-order valence-electron chi connectivity index (χ1n) is 7.21. The van der Waals surface area contributed by atoms with Crippen LogP contribution in [0.25, 0.3) is 0 Å². The molecule has 3 rings (SSSR count). The molecular weight excluding hydrogens is 264 g/mol. The van der Waals surface area contributed by atoms with Gasteiger partial charge >= 0.3 is 0 Å². The second kappa shape index (κ2) is 4.45. The Balaban J connectivity index is 1.82. The van der Waals surface area contributed by atoms with Gasteiger partial charge in [-0.1, -0.05) is 0 Å². The first kappa shape index (κ1) is 13.4. The molecule has 2 saturated heterocycles. The number of likely N-dealkylation sites (tertiary alicyclic amines) is 1. The molecule has 19 heavy (non-hydrogen) atoms. The minimum absolute atomic E-state index is 0.146. The Kier molecular flexibility index (Phi) is 3.13. The van der Waals surface area contributed by atoms with Gasteiger partial charge in [0.2, 0.25) is 15.9 Å². The minimum Gasteiger partial charge on any atom is -0.339 e. The molecule has 2 heterocycles. The zero-order chi connectivity index (χ0) is 13.7. The van der Waals surface area contributed by atoms with Crippen molar-refractivity contribution in [2.24, 2.45) is 0 Å². The van der Waals surface area contributed by atoms with Gasteiger partial charge in [-0.2, -0.15) is 4.31 Å². The van der Waals surface area contributed by atoms with Crippen LogP contribution in [0.15, 0.2) is 0 Å². The fourth-order valence-electron chi connectivity index (χ4n) is 3.51. The molecule has 2 aliphatic heterocycles. The molecular formula is C13H22N2O3S. The summed E-state index contributed by atoms with van der Waals surface area (Å²) in [5, 5.41) is -0.146. The molecule has 0 aromatic heterocycles. The van der Waals surface area contributed by atoms with Gasteiger partial charge in [0.1, 0.15) is 0 Å². The normalized spacial score (nSPS) is 33.9. The number of likely N-dealkylation sites (N-methyl/N-ethyl adjacent to an activating group) is 1. The van der Waals surface area contributed by atoms with E-state index in [1.165, 1.54) is 0 Å². The fraction of sp³-hybridized carbons (Fsp3) is 0.923. The van der Waals surface area contributed by atoms with Gasteiger partial charge < -0.3 is 4.90 Å². The third-order valence-corrected chi connectivity index (χ3v) is 7.29. The van der Waals surface area contributed by atoms with Crippen LogP contribution in [0.4, 0.5) is 0 Å². The largest absolute Gasteiger partial charge is 0.339 e. The molecule has 0 radical (unpaired) electrons. The maximum Gasteiger partial charge on any atom is 0.222 e. The maximum atomic E-state index is 12.4. The lowest BCUT2D eigenvalue weighted by Gasteiger charge is -2.50. The van der Waals surface area contributed by atoms with Gasteiger partial charge in [0.05, 0.1) is 10.8 Å². The highest BCUT2D eigenvalue weighted by Gasteiger charge is 2.48. The van der Waals surface area contributed by atoms with E-state index in [1.807, 2.05) is 11.9 Å². The van der Waals surface area contributed by atoms with Crippen LogP contribution in [0.5, 0.6) is 0 Å². The molecule has 1 atom stereocenters. The van der Waals surface area contributed by atoms with Gasteiger partial charge in [-0.3, -0.25) is 4.79 Å². The van der Waals surface area contributed by atoms with Crippen LogP contribution in [0, 0.1) is 0 Å². The van der Waals surface area contributed by atoms with Crippen LogP contribution in [0.1, 0.15) is 44.9 Å². The predicted octanol–water partition coefficient (Wildman–Crippen LogP) is 0.956. The van der Waals surface area contributed by atoms with Crippen LogP contribution in [-0.2, 0) is 14.8 Å². The third kappa shape index (κ3) is 2.18. The Morgan fingerprint density at radius 1 is 1.21 bits per heavy atom. The minimum atomic E-state index is -3.11. The molecule has 6 heteroatoms. The van der Waals surface area contributed by atoms with E-state index in [9.17, 15) is 13.2 Å². The van der Waals surface area contributed by atoms with Crippen molar-refractivity contribution in [3.63, 3.8) is 0 Å². The number of piperidine rings is 2. The number of carbonyl (C=O) groups is 1. The Hall–Kier alpha value is -0.620. The topological polar surface area (TPSA) is 57.7 Å². The van der Waals surface area contributed by atoms with E-state index in [0.29, 0.717) is 19.5 Å². The van der Waals surface area contributed by atoms with E-state index >= 15 is 0 Å². The molecule has 0 aromatic carbocycles. The van der Waals surface area contributed by atoms with Crippen molar-refractivity contribution in [1.29, 1.82) is 0 Å². The Bertz CT molecular complexity index is 482. The van der Waals surface area contributed by atoms with Crippen LogP contribution < -0.4 is 0 Å². The fourth-order valence-corrected chi connectivity index (χ4v) is 5.47. The number of nitrogens with zero attached hydrogens (tertiary/aromatic N) is 2. The number of rotatable bonds is 2. The zero-order valence-electron chi connectivity index (χ0n) is 11.5. The predicted molar refractivity (Wildman–Crippen MR) is 72.1 cm³/mol. The molecule has 0 bridgehead atoms. The van der Waals surface area contributed by atoms with Gasteiger partial charge in [0.25, 0.3) is 0 Å². The van der Waals surface area contributed by atoms with E-state index < -0.39 is 10.0 Å². The van der Waals surface area contributed by atoms with E-state index in [4.69, 9.17) is 0 Å². The average Bonchev–Trinajstić information content (AvgIpc) is 3.21. The lowest BCUT2D eigenvalue weighted by atomic mass is 9.81. The molecule has 1 amide bonds. The highest BCUT2D eigenvalue weighted by atomic mass is 32.2. The lowest BCUT2D eigenvalue weighted by Crippen LogP contribution is -2.62. The highest BCUT2D eigenvalue weighted by Crippen LogP contribution is 2.39. The summed E-state index contributed by atoms with van der Waals surface area (Å²) in [6.07, 6.45) is 5.84. The number of hydrogen-bond acceptors (Lipinski definition) is 3. The molecule has 5 nitrogen and oxygen atoms in total. The van der Waals surface area contributed by atoms with Crippen molar-refractivity contribution in [2.75, 3.05) is 20.1 Å². The van der Waals surface area contributed by atoms with Crippen LogP contribution >= 0.6 is 0 Å². The Morgan fingerprint density at radius 3 is 2.58 bits per heavy atom. The van der Waals surface area contributed by atoms with Crippen molar-refractivity contribution in [3.05, 3.63) is 0 Å². The number of carbonyl (C=O) groups excluding carboxylic acids is 1. The monoisotopic (exact) mass is 286 g/mol. The first-order chi connectivity index (χ1) is 8.96. The second-order valence-corrected chi connectivity index (χ2v) is 8.43. The number of amides is 1. The second-order valence-electron chi connectivity index (χ2n) is 6.21. The maximum absolute atomic E-state index is 12.4. The summed E-state index contributed by atoms with van der Waals surface area (Å²) >= 11 is 0. The van der Waals surface area contributed by atoms with Crippen molar-refractivity contribution >= 4 is 15.9 Å². The Labute approximate surface area is 115 Å². The van der Waals surface area contributed by atoms with E-state index in [1.54, 1.807) is 4.31 Å². The quantitative estimate of drug-likeness (QED) is 0.759. The molecule has 0 N–H and O–H groups in total. The Morgan fingerprint density at radius 2 is 1.89 bits per heavy atom. The standard InChI is InChI=1S/C13H22N2O3S/c1-14-12(16)4-2-7-13(14)8-3-9-15(10-13)19(17,18)11-5-6-11/h11H,2-10H2,1H3/t13-/m1/s1. The molecule has 1 saturated carbocycles. The average molecular weight is 286 g/mol. The van der Waals surface area contributed by atoms with Crippen molar-refractivity contribution in [1.82, 2.24) is 9.21 Å². The summed E-state index contributed by atoms with van der Waals surface area (Å²) in [7, 11) is -1.27. The van der Waals surface area contributed by atoms with E-state index in [-0.39, 0.29) is 16.7 Å². The smallest absolute Gasteiger partial charge is 0.222 e. The molecule has 3 aliphatic rings. The van der Waals surface area contributed by atoms with Crippen molar-refractivity contribution < 1.29 is 13.2 Å². The van der Waals surface area contributed by atoms with Gasteiger partial charge in [-0.25, -0.2) is 8.42 Å². The zero-order valence-corrected chi connectivity index (χ0v) is 12.3. The molecule has 0 unspecified atom stereocenters. The lowest BCUT2D eigenvalue weighted by molar-refractivity contribution is -0.141. The van der Waals surface area contributed by atoms with Crippen LogP contribution in [0.3, 0.4) is 0 Å². The summed E-state index contributed by atoms with van der Waals surface area (Å²) in [5.41, 5.74) is -0.241. The summed E-state index contributed by atoms with van der Waals surface area (Å²) in [5.74, 6) is 0.164. The molecule has 108 valence electrons. The molecule has 3 fully saturated rings. The summed E-state index contributed by atoms with van der Waals surface area (Å²) in [6.45, 7) is 1.14. The third-order valence-electron chi connectivity index (χ3n) is 4.94. The first-order valence-corrected chi connectivity index (χ1v) is 8.72. The molecule has 1 spiro atoms. The van der Waals surface area contributed by atoms with Gasteiger partial charge in [0.15, 0.2) is 0 Å². The van der Waals surface area contributed by atoms with E-state index in [0.717, 1.165) is 38.5 Å². The van der Waals surface area contributed by atoms with E-state index in [2.05, 4.69) is 0 Å². The SMILES string of the molecule is CN1C(=O)CCC[C@]12CCCN(S(=O)(=O)C1CC1)C2. The van der Waals surface area contributed by atoms with Crippen molar-refractivity contribution in [2.45, 2.75) is 55.7 Å². The summed E-state index contributed by atoms with van der Waals surface area (Å²) < 4.78 is 26.4. The van der Waals surface area contributed by atoms with Crippen molar-refractivity contribution in [3.8, 4) is 0 Å². The van der Waals surface area contributed by atoms with Gasteiger partial charge in [-0.15, -0.1) is 0 Å². The van der Waals surface area contributed by atoms with Gasteiger partial charge in [-0.05, 0) is 38.5 Å². The molecule has 0 aromatic rings. The summed E-state index contributed by atoms with van der Waals surface area (Å²) in [6, 6.07) is 0. The van der Waals surface area contributed by atoms with Gasteiger partial charge in [0, 0.05) is 26.6 Å². The van der Waals surface area contributed by atoms with Crippen LogP contribution in [-0.4, -0.2) is 54.5 Å². The molecule has 1 aliphatic carbocycles. The summed E-state index contributed by atoms with van der Waals surface area (Å²) in [4.78, 5) is 13.8. The highest BCUT2D eigenvalue weighted by molar-refractivity contribution is 7.90. The number of sulfonamides is 1. The van der Waals surface area contributed by atoms with Crippen LogP contribution in [0.2, 0.25) is 0 Å². The number of hydrogen-bond donors (Lipinski definition) is 0.